The Morgan fingerprint density at radius 3 is 2.61 bits per heavy atom. The van der Waals surface area contributed by atoms with Crippen LogP contribution in [0.4, 0.5) is 5.69 Å². The maximum absolute atomic E-state index is 13.5. The molecule has 2 saturated heterocycles. The molecular formula is C23H22ClN3O6. The maximum Gasteiger partial charge on any atom is 0.250 e. The Balaban J connectivity index is 1.61. The molecular weight excluding hydrogens is 450 g/mol. The molecule has 172 valence electrons. The summed E-state index contributed by atoms with van der Waals surface area (Å²) >= 11 is 6.24. The number of anilines is 1. The second-order valence-electron chi connectivity index (χ2n) is 8.55. The van der Waals surface area contributed by atoms with E-state index >= 15 is 0 Å². The minimum absolute atomic E-state index is 0.0913. The van der Waals surface area contributed by atoms with Crippen molar-refractivity contribution in [2.45, 2.75) is 18.0 Å². The number of ether oxygens (including phenoxy) is 1. The molecule has 0 radical (unpaired) electrons. The van der Waals surface area contributed by atoms with Crippen LogP contribution in [-0.4, -0.2) is 59.1 Å². The number of aromatic hydroxyl groups is 2. The highest BCUT2D eigenvalue weighted by molar-refractivity contribution is 6.31. The van der Waals surface area contributed by atoms with Crippen molar-refractivity contribution in [1.29, 1.82) is 0 Å². The molecule has 9 nitrogen and oxygen atoms in total. The Labute approximate surface area is 194 Å². The summed E-state index contributed by atoms with van der Waals surface area (Å²) in [5.41, 5.74) is 0.247. The van der Waals surface area contributed by atoms with Crippen molar-refractivity contribution in [2.75, 3.05) is 25.6 Å². The molecule has 3 amide bonds. The molecule has 0 bridgehead atoms. The van der Waals surface area contributed by atoms with Crippen LogP contribution in [-0.2, 0) is 31.1 Å². The topological polar surface area (TPSA) is 128 Å². The monoisotopic (exact) mass is 471 g/mol. The lowest BCUT2D eigenvalue weighted by atomic mass is 9.76. The number of carbonyl (C=O) groups excluding carboxylic acids is 3. The van der Waals surface area contributed by atoms with Gasteiger partial charge >= 0.3 is 0 Å². The number of carbonyl (C=O) groups is 3. The van der Waals surface area contributed by atoms with Gasteiger partial charge in [-0.05, 0) is 42.3 Å². The number of nitrogens with one attached hydrogen (secondary N) is 2. The van der Waals surface area contributed by atoms with Crippen molar-refractivity contribution >= 4 is 35.0 Å². The molecule has 2 fully saturated rings. The zero-order valence-corrected chi connectivity index (χ0v) is 18.4. The van der Waals surface area contributed by atoms with Gasteiger partial charge in [-0.25, -0.2) is 0 Å². The van der Waals surface area contributed by atoms with Crippen LogP contribution in [0.25, 0.3) is 0 Å². The third-order valence-corrected chi connectivity index (χ3v) is 7.02. The summed E-state index contributed by atoms with van der Waals surface area (Å²) in [5.74, 6) is -3.54. The zero-order chi connectivity index (χ0) is 23.5. The second-order valence-corrected chi connectivity index (χ2v) is 8.99. The van der Waals surface area contributed by atoms with E-state index in [0.29, 0.717) is 21.8 Å². The molecule has 0 aliphatic carbocycles. The highest BCUT2D eigenvalue weighted by atomic mass is 35.5. The molecule has 0 saturated carbocycles. The summed E-state index contributed by atoms with van der Waals surface area (Å²) in [6.07, 6.45) is 0.247. The fourth-order valence-corrected chi connectivity index (χ4v) is 5.53. The number of phenolic OH excluding ortho intramolecular Hbond substituents is 2. The highest BCUT2D eigenvalue weighted by Gasteiger charge is 2.70. The van der Waals surface area contributed by atoms with E-state index in [1.54, 1.807) is 24.3 Å². The number of fused-ring (bicyclic) bond motifs is 4. The van der Waals surface area contributed by atoms with Crippen molar-refractivity contribution in [1.82, 2.24) is 10.2 Å². The number of amides is 3. The van der Waals surface area contributed by atoms with E-state index in [1.807, 2.05) is 0 Å². The lowest BCUT2D eigenvalue weighted by Gasteiger charge is -2.29. The zero-order valence-electron chi connectivity index (χ0n) is 17.7. The second kappa shape index (κ2) is 7.72. The van der Waals surface area contributed by atoms with Crippen LogP contribution in [0.5, 0.6) is 11.5 Å². The fourth-order valence-electron chi connectivity index (χ4n) is 5.36. The molecule has 4 atom stereocenters. The van der Waals surface area contributed by atoms with Crippen LogP contribution in [0, 0.1) is 11.8 Å². The van der Waals surface area contributed by atoms with Crippen LogP contribution in [0.1, 0.15) is 11.1 Å². The van der Waals surface area contributed by atoms with Crippen molar-refractivity contribution < 1.29 is 29.3 Å². The van der Waals surface area contributed by atoms with E-state index < -0.39 is 35.2 Å². The minimum Gasteiger partial charge on any atom is -0.504 e. The number of methoxy groups -OCH3 is 1. The Bertz CT molecular complexity index is 1190. The molecule has 3 aliphatic heterocycles. The molecule has 10 heteroatoms. The Morgan fingerprint density at radius 1 is 1.09 bits per heavy atom. The largest absolute Gasteiger partial charge is 0.504 e. The van der Waals surface area contributed by atoms with Crippen LogP contribution < -0.4 is 10.6 Å². The van der Waals surface area contributed by atoms with Gasteiger partial charge in [-0.2, -0.15) is 0 Å². The van der Waals surface area contributed by atoms with Gasteiger partial charge in [-0.1, -0.05) is 17.7 Å². The van der Waals surface area contributed by atoms with Crippen LogP contribution in [0.15, 0.2) is 36.4 Å². The summed E-state index contributed by atoms with van der Waals surface area (Å²) < 4.78 is 5.07. The average molecular weight is 472 g/mol. The number of likely N-dealkylation sites (tertiary alicyclic amines) is 1. The quantitative estimate of drug-likeness (QED) is 0.383. The summed E-state index contributed by atoms with van der Waals surface area (Å²) in [6.45, 7) is 0.274. The first kappa shape index (κ1) is 21.7. The Hall–Kier alpha value is -3.14. The third kappa shape index (κ3) is 3.11. The number of rotatable bonds is 5. The molecule has 3 aliphatic rings. The van der Waals surface area contributed by atoms with Gasteiger partial charge in [0.25, 0.3) is 0 Å². The molecule has 4 N–H and O–H groups in total. The molecule has 3 heterocycles. The standard InChI is InChI=1S/C23H22ClN3O6/c1-33-7-6-27-20(30)18-15(8-11-2-5-16(28)17(29)9-11)26-23(19(18)21(27)31)13-10-12(24)3-4-14(13)25-22(23)32/h2-5,9-10,15,18-19,26,28-29H,6-8H2,1H3,(H,25,32)/t15-,18+,19+,23-/m1/s1. The fraction of sp³-hybridized carbons (Fsp3) is 0.348. The predicted molar refractivity (Wildman–Crippen MR) is 118 cm³/mol. The van der Waals surface area contributed by atoms with Gasteiger partial charge in [0.2, 0.25) is 17.7 Å². The molecule has 2 aromatic carbocycles. The molecule has 33 heavy (non-hydrogen) atoms. The van der Waals surface area contributed by atoms with Crippen LogP contribution in [0.3, 0.4) is 0 Å². The Kier molecular flexibility index (Phi) is 5.08. The molecule has 1 spiro atoms. The molecule has 2 aromatic rings. The first-order valence-electron chi connectivity index (χ1n) is 10.5. The van der Waals surface area contributed by atoms with Crippen molar-refractivity contribution in [3.63, 3.8) is 0 Å². The molecule has 0 aromatic heterocycles. The summed E-state index contributed by atoms with van der Waals surface area (Å²) in [5, 5.41) is 26.1. The van der Waals surface area contributed by atoms with E-state index in [-0.39, 0.29) is 37.0 Å². The molecule has 5 rings (SSSR count). The van der Waals surface area contributed by atoms with Gasteiger partial charge in [0, 0.05) is 29.4 Å². The molecule has 0 unspecified atom stereocenters. The number of imide groups is 1. The van der Waals surface area contributed by atoms with E-state index in [1.165, 1.54) is 24.1 Å². The number of halogens is 1. The predicted octanol–water partition coefficient (Wildman–Crippen LogP) is 1.36. The summed E-state index contributed by atoms with van der Waals surface area (Å²) in [6, 6.07) is 8.77. The number of hydrogen-bond acceptors (Lipinski definition) is 7. The van der Waals surface area contributed by atoms with Gasteiger partial charge in [-0.3, -0.25) is 24.6 Å². The van der Waals surface area contributed by atoms with Gasteiger partial charge in [0.1, 0.15) is 5.54 Å². The number of benzene rings is 2. The lowest BCUT2D eigenvalue weighted by Crippen LogP contribution is -2.53. The van der Waals surface area contributed by atoms with Gasteiger partial charge < -0.3 is 20.3 Å². The first-order valence-corrected chi connectivity index (χ1v) is 10.9. The third-order valence-electron chi connectivity index (χ3n) is 6.78. The van der Waals surface area contributed by atoms with E-state index in [9.17, 15) is 24.6 Å². The smallest absolute Gasteiger partial charge is 0.250 e. The first-order chi connectivity index (χ1) is 15.8. The average Bonchev–Trinajstić information content (AvgIpc) is 3.34. The van der Waals surface area contributed by atoms with Crippen LogP contribution >= 0.6 is 11.6 Å². The number of phenols is 2. The number of nitrogens with zero attached hydrogens (tertiary/aromatic N) is 1. The summed E-state index contributed by atoms with van der Waals surface area (Å²) in [4.78, 5) is 41.5. The van der Waals surface area contributed by atoms with E-state index in [2.05, 4.69) is 10.6 Å². The van der Waals surface area contributed by atoms with Gasteiger partial charge in [0.15, 0.2) is 11.5 Å². The van der Waals surface area contributed by atoms with Crippen molar-refractivity contribution in [3.05, 3.63) is 52.5 Å². The highest BCUT2D eigenvalue weighted by Crippen LogP contribution is 2.53. The maximum atomic E-state index is 13.5. The lowest BCUT2D eigenvalue weighted by molar-refractivity contribution is -0.143. The Morgan fingerprint density at radius 2 is 1.88 bits per heavy atom. The SMILES string of the molecule is COCCN1C(=O)[C@@H]2[C@@H](C1=O)[C@@]1(N[C@@H]2Cc2ccc(O)c(O)c2)C(=O)Nc2ccc(Cl)cc21. The van der Waals surface area contributed by atoms with Gasteiger partial charge in [0.05, 0.1) is 25.0 Å². The minimum atomic E-state index is -1.46. The number of hydrogen-bond donors (Lipinski definition) is 4. The van der Waals surface area contributed by atoms with Crippen molar-refractivity contribution in [3.8, 4) is 11.5 Å². The summed E-state index contributed by atoms with van der Waals surface area (Å²) in [7, 11) is 1.48. The van der Waals surface area contributed by atoms with Gasteiger partial charge in [-0.15, -0.1) is 0 Å². The normalized spacial score (nSPS) is 27.9. The van der Waals surface area contributed by atoms with Crippen LogP contribution in [0.2, 0.25) is 5.02 Å². The van der Waals surface area contributed by atoms with E-state index in [0.717, 1.165) is 0 Å². The van der Waals surface area contributed by atoms with E-state index in [4.69, 9.17) is 16.3 Å². The van der Waals surface area contributed by atoms with Crippen molar-refractivity contribution in [2.24, 2.45) is 11.8 Å².